The van der Waals surface area contributed by atoms with E-state index in [1.807, 2.05) is 6.92 Å². The van der Waals surface area contributed by atoms with Crippen LogP contribution in [-0.4, -0.2) is 55.7 Å². The molecule has 0 aromatic carbocycles. The maximum atomic E-state index is 11.3. The van der Waals surface area contributed by atoms with Gasteiger partial charge in [-0.3, -0.25) is 4.90 Å². The predicted molar refractivity (Wildman–Crippen MR) is 56.0 cm³/mol. The lowest BCUT2D eigenvalue weighted by atomic mass is 10.2. The Labute approximate surface area is 85.8 Å². The van der Waals surface area contributed by atoms with E-state index in [0.717, 1.165) is 25.9 Å². The minimum absolute atomic E-state index is 0.177. The van der Waals surface area contributed by atoms with Crippen LogP contribution < -0.4 is 0 Å². The number of aliphatic hydroxyl groups is 1. The van der Waals surface area contributed by atoms with E-state index in [2.05, 4.69) is 4.90 Å². The Morgan fingerprint density at radius 2 is 2.21 bits per heavy atom. The van der Waals surface area contributed by atoms with Crippen LogP contribution in [0.5, 0.6) is 0 Å². The van der Waals surface area contributed by atoms with E-state index >= 15 is 0 Å². The minimum Gasteiger partial charge on any atom is -0.396 e. The lowest BCUT2D eigenvalue weighted by molar-refractivity contribution is 0.193. The zero-order valence-corrected chi connectivity index (χ0v) is 9.46. The lowest BCUT2D eigenvalue weighted by Crippen LogP contribution is -2.37. The fourth-order valence-electron chi connectivity index (χ4n) is 1.94. The predicted octanol–water partition coefficient (Wildman–Crippen LogP) is -0.122. The van der Waals surface area contributed by atoms with Crippen molar-refractivity contribution in [2.75, 3.05) is 31.2 Å². The molecule has 1 N–H and O–H groups in total. The maximum Gasteiger partial charge on any atom is 0.151 e. The second-order valence-corrected chi connectivity index (χ2v) is 5.99. The standard InChI is InChI=1S/C9H19NO3S/c1-2-10(5-3-6-11)9-4-7-14(12,13)8-9/h9,11H,2-8H2,1H3. The van der Waals surface area contributed by atoms with Crippen LogP contribution in [0.2, 0.25) is 0 Å². The van der Waals surface area contributed by atoms with Gasteiger partial charge in [-0.05, 0) is 19.4 Å². The summed E-state index contributed by atoms with van der Waals surface area (Å²) in [6, 6.07) is 0.177. The second kappa shape index (κ2) is 5.09. The molecule has 1 aliphatic heterocycles. The Balaban J connectivity index is 2.46. The second-order valence-electron chi connectivity index (χ2n) is 3.76. The molecule has 0 amide bonds. The maximum absolute atomic E-state index is 11.3. The molecule has 0 aliphatic carbocycles. The van der Waals surface area contributed by atoms with Gasteiger partial charge in [0.1, 0.15) is 0 Å². The molecule has 4 nitrogen and oxygen atoms in total. The fraction of sp³-hybridized carbons (Fsp3) is 1.00. The van der Waals surface area contributed by atoms with Gasteiger partial charge in [-0.15, -0.1) is 0 Å². The highest BCUT2D eigenvalue weighted by Gasteiger charge is 2.31. The number of aliphatic hydroxyl groups excluding tert-OH is 1. The summed E-state index contributed by atoms with van der Waals surface area (Å²) in [5.41, 5.74) is 0. The third-order valence-corrected chi connectivity index (χ3v) is 4.48. The van der Waals surface area contributed by atoms with Crippen molar-refractivity contribution in [2.24, 2.45) is 0 Å². The highest BCUT2D eigenvalue weighted by atomic mass is 32.2. The highest BCUT2D eigenvalue weighted by Crippen LogP contribution is 2.17. The molecule has 1 aliphatic rings. The monoisotopic (exact) mass is 221 g/mol. The average Bonchev–Trinajstić information content (AvgIpc) is 2.48. The van der Waals surface area contributed by atoms with Crippen LogP contribution in [0.15, 0.2) is 0 Å². The third-order valence-electron chi connectivity index (χ3n) is 2.73. The number of hydrogen-bond acceptors (Lipinski definition) is 4. The molecule has 0 aromatic rings. The van der Waals surface area contributed by atoms with Crippen LogP contribution >= 0.6 is 0 Å². The Morgan fingerprint density at radius 3 is 2.64 bits per heavy atom. The van der Waals surface area contributed by atoms with Gasteiger partial charge in [0.05, 0.1) is 11.5 Å². The summed E-state index contributed by atoms with van der Waals surface area (Å²) in [6.07, 6.45) is 1.48. The molecule has 5 heteroatoms. The summed E-state index contributed by atoms with van der Waals surface area (Å²) in [7, 11) is -2.78. The molecular formula is C9H19NO3S. The molecule has 1 fully saturated rings. The highest BCUT2D eigenvalue weighted by molar-refractivity contribution is 7.91. The first-order valence-electron chi connectivity index (χ1n) is 5.14. The summed E-state index contributed by atoms with van der Waals surface area (Å²) < 4.78 is 22.5. The van der Waals surface area contributed by atoms with Gasteiger partial charge in [-0.2, -0.15) is 0 Å². The van der Waals surface area contributed by atoms with Gasteiger partial charge >= 0.3 is 0 Å². The van der Waals surface area contributed by atoms with Crippen molar-refractivity contribution < 1.29 is 13.5 Å². The summed E-state index contributed by atoms with van der Waals surface area (Å²) in [6.45, 7) is 3.87. The van der Waals surface area contributed by atoms with Gasteiger partial charge in [0, 0.05) is 19.2 Å². The van der Waals surface area contributed by atoms with Crippen molar-refractivity contribution in [1.82, 2.24) is 4.90 Å². The topological polar surface area (TPSA) is 57.6 Å². The Hall–Kier alpha value is -0.130. The summed E-state index contributed by atoms with van der Waals surface area (Å²) in [5.74, 6) is 0.625. The molecule has 84 valence electrons. The Morgan fingerprint density at radius 1 is 1.50 bits per heavy atom. The molecule has 0 spiro atoms. The molecule has 1 heterocycles. The van der Waals surface area contributed by atoms with Gasteiger partial charge in [-0.1, -0.05) is 6.92 Å². The molecule has 0 saturated carbocycles. The smallest absolute Gasteiger partial charge is 0.151 e. The van der Waals surface area contributed by atoms with Gasteiger partial charge < -0.3 is 5.11 Å². The number of rotatable bonds is 5. The SMILES string of the molecule is CCN(CCCO)C1CCS(=O)(=O)C1. The van der Waals surface area contributed by atoms with E-state index in [4.69, 9.17) is 5.11 Å². The van der Waals surface area contributed by atoms with E-state index in [0.29, 0.717) is 11.5 Å². The first-order chi connectivity index (χ1) is 6.59. The van der Waals surface area contributed by atoms with Crippen molar-refractivity contribution in [3.63, 3.8) is 0 Å². The van der Waals surface area contributed by atoms with Crippen LogP contribution in [-0.2, 0) is 9.84 Å². The fourth-order valence-corrected chi connectivity index (χ4v) is 3.70. The van der Waals surface area contributed by atoms with Crippen LogP contribution in [0.3, 0.4) is 0 Å². The summed E-state index contributed by atoms with van der Waals surface area (Å²) >= 11 is 0. The molecular weight excluding hydrogens is 202 g/mol. The van der Waals surface area contributed by atoms with Crippen molar-refractivity contribution in [3.05, 3.63) is 0 Å². The largest absolute Gasteiger partial charge is 0.396 e. The first kappa shape index (κ1) is 11.9. The van der Waals surface area contributed by atoms with Crippen LogP contribution in [0.4, 0.5) is 0 Å². The van der Waals surface area contributed by atoms with Gasteiger partial charge in [-0.25, -0.2) is 8.42 Å². The van der Waals surface area contributed by atoms with E-state index < -0.39 is 9.84 Å². The molecule has 1 unspecified atom stereocenters. The summed E-state index contributed by atoms with van der Waals surface area (Å²) in [4.78, 5) is 2.15. The van der Waals surface area contributed by atoms with Crippen LogP contribution in [0.25, 0.3) is 0 Å². The molecule has 0 bridgehead atoms. The number of hydrogen-bond donors (Lipinski definition) is 1. The molecule has 1 rings (SSSR count). The number of nitrogens with zero attached hydrogens (tertiary/aromatic N) is 1. The summed E-state index contributed by atoms with van der Waals surface area (Å²) in [5, 5.41) is 8.71. The van der Waals surface area contributed by atoms with Crippen molar-refractivity contribution in [1.29, 1.82) is 0 Å². The van der Waals surface area contributed by atoms with Crippen LogP contribution in [0.1, 0.15) is 19.8 Å². The van der Waals surface area contributed by atoms with E-state index in [9.17, 15) is 8.42 Å². The molecule has 14 heavy (non-hydrogen) atoms. The lowest BCUT2D eigenvalue weighted by Gasteiger charge is -2.25. The van der Waals surface area contributed by atoms with Gasteiger partial charge in [0.25, 0.3) is 0 Å². The normalized spacial score (nSPS) is 25.8. The van der Waals surface area contributed by atoms with Crippen LogP contribution in [0, 0.1) is 0 Å². The van der Waals surface area contributed by atoms with E-state index in [1.165, 1.54) is 0 Å². The zero-order valence-electron chi connectivity index (χ0n) is 8.65. The van der Waals surface area contributed by atoms with Crippen molar-refractivity contribution in [3.8, 4) is 0 Å². The van der Waals surface area contributed by atoms with E-state index in [1.54, 1.807) is 0 Å². The Kier molecular flexibility index (Phi) is 4.34. The third kappa shape index (κ3) is 3.22. The number of sulfone groups is 1. The molecule has 0 radical (unpaired) electrons. The Bertz CT molecular complexity index is 263. The minimum atomic E-state index is -2.78. The van der Waals surface area contributed by atoms with Crippen molar-refractivity contribution >= 4 is 9.84 Å². The first-order valence-corrected chi connectivity index (χ1v) is 6.96. The molecule has 1 atom stereocenters. The zero-order chi connectivity index (χ0) is 10.6. The molecule has 0 aromatic heterocycles. The van der Waals surface area contributed by atoms with Crippen molar-refractivity contribution in [2.45, 2.75) is 25.8 Å². The van der Waals surface area contributed by atoms with Gasteiger partial charge in [0.15, 0.2) is 9.84 Å². The average molecular weight is 221 g/mol. The quantitative estimate of drug-likeness (QED) is 0.703. The van der Waals surface area contributed by atoms with Gasteiger partial charge in [0.2, 0.25) is 0 Å². The molecule has 1 saturated heterocycles. The van der Waals surface area contributed by atoms with E-state index in [-0.39, 0.29) is 12.6 Å².